The summed E-state index contributed by atoms with van der Waals surface area (Å²) in [7, 11) is 0. The molecule has 0 saturated heterocycles. The van der Waals surface area contributed by atoms with Gasteiger partial charge in [0.2, 0.25) is 0 Å². The highest BCUT2D eigenvalue weighted by Gasteiger charge is 2.04. The molecule has 1 unspecified atom stereocenters. The number of hydrogen-bond donors (Lipinski definition) is 1. The van der Waals surface area contributed by atoms with E-state index in [9.17, 15) is 0 Å². The van der Waals surface area contributed by atoms with Gasteiger partial charge in [0.25, 0.3) is 0 Å². The number of imidazole rings is 1. The zero-order valence-electron chi connectivity index (χ0n) is 10.0. The third-order valence-corrected chi connectivity index (χ3v) is 3.69. The van der Waals surface area contributed by atoms with Gasteiger partial charge in [-0.25, -0.2) is 4.98 Å². The fourth-order valence-corrected chi connectivity index (χ4v) is 2.35. The van der Waals surface area contributed by atoms with Gasteiger partial charge in [0.05, 0.1) is 11.8 Å². The fourth-order valence-electron chi connectivity index (χ4n) is 1.70. The van der Waals surface area contributed by atoms with Crippen LogP contribution in [0.4, 0.5) is 0 Å². The normalized spacial score (nSPS) is 12.8. The summed E-state index contributed by atoms with van der Waals surface area (Å²) < 4.78 is 2.12. The number of unbranched alkanes of at least 4 members (excludes halogenated alkanes) is 1. The second-order valence-electron chi connectivity index (χ2n) is 4.09. The van der Waals surface area contributed by atoms with Crippen LogP contribution >= 0.6 is 11.3 Å². The van der Waals surface area contributed by atoms with Gasteiger partial charge in [-0.3, -0.25) is 4.98 Å². The van der Waals surface area contributed by atoms with Crippen molar-refractivity contribution in [2.75, 3.05) is 6.54 Å². The molecule has 0 aliphatic carbocycles. The van der Waals surface area contributed by atoms with E-state index in [0.29, 0.717) is 6.04 Å². The molecule has 2 heterocycles. The molecular weight excluding hydrogens is 232 g/mol. The number of nitrogens with zero attached hydrogens (tertiary/aromatic N) is 3. The second-order valence-corrected chi connectivity index (χ2v) is 5.01. The van der Waals surface area contributed by atoms with Gasteiger partial charge in [0.15, 0.2) is 0 Å². The van der Waals surface area contributed by atoms with Crippen molar-refractivity contribution >= 4 is 11.3 Å². The summed E-state index contributed by atoms with van der Waals surface area (Å²) in [5.41, 5.74) is 1.88. The summed E-state index contributed by atoms with van der Waals surface area (Å²) in [6, 6.07) is 0.413. The van der Waals surface area contributed by atoms with Gasteiger partial charge in [-0.05, 0) is 26.3 Å². The Bertz CT molecular complexity index is 396. The van der Waals surface area contributed by atoms with Gasteiger partial charge in [0, 0.05) is 36.1 Å². The van der Waals surface area contributed by atoms with E-state index < -0.39 is 0 Å². The summed E-state index contributed by atoms with van der Waals surface area (Å²) in [5, 5.41) is 3.51. The number of rotatable bonds is 7. The third kappa shape index (κ3) is 3.94. The molecule has 1 atom stereocenters. The first kappa shape index (κ1) is 12.3. The van der Waals surface area contributed by atoms with Crippen molar-refractivity contribution < 1.29 is 0 Å². The Morgan fingerprint density at radius 3 is 3.06 bits per heavy atom. The highest BCUT2D eigenvalue weighted by molar-refractivity contribution is 7.09. The van der Waals surface area contributed by atoms with E-state index >= 15 is 0 Å². The molecule has 0 bridgehead atoms. The standard InChI is InChI=1S/C12H18N4S/c1-11(12-8-14-10-17-12)15-4-2-3-6-16-7-5-13-9-16/h5,7-11,15H,2-4,6H2,1H3. The van der Waals surface area contributed by atoms with Crippen LogP contribution in [0.3, 0.4) is 0 Å². The van der Waals surface area contributed by atoms with Crippen LogP contribution in [0.5, 0.6) is 0 Å². The number of nitrogens with one attached hydrogen (secondary N) is 1. The molecule has 0 spiro atoms. The first-order valence-corrected chi connectivity index (χ1v) is 6.82. The molecule has 0 amide bonds. The van der Waals surface area contributed by atoms with Crippen LogP contribution in [0.1, 0.15) is 30.7 Å². The maximum atomic E-state index is 4.09. The molecule has 0 aliphatic heterocycles. The van der Waals surface area contributed by atoms with E-state index in [-0.39, 0.29) is 0 Å². The van der Waals surface area contributed by atoms with Gasteiger partial charge in [-0.2, -0.15) is 0 Å². The zero-order chi connectivity index (χ0) is 11.9. The van der Waals surface area contributed by atoms with Gasteiger partial charge in [0.1, 0.15) is 0 Å². The summed E-state index contributed by atoms with van der Waals surface area (Å²) in [4.78, 5) is 9.42. The van der Waals surface area contributed by atoms with Crippen molar-refractivity contribution in [1.29, 1.82) is 0 Å². The van der Waals surface area contributed by atoms with Gasteiger partial charge >= 0.3 is 0 Å². The Morgan fingerprint density at radius 2 is 2.35 bits per heavy atom. The molecule has 2 rings (SSSR count). The monoisotopic (exact) mass is 250 g/mol. The SMILES string of the molecule is CC(NCCCCn1ccnc1)c1cncs1. The lowest BCUT2D eigenvalue weighted by Crippen LogP contribution is -2.19. The maximum Gasteiger partial charge on any atom is 0.0945 e. The van der Waals surface area contributed by atoms with Gasteiger partial charge in [-0.15, -0.1) is 11.3 Å². The predicted octanol–water partition coefficient (Wildman–Crippen LogP) is 2.47. The predicted molar refractivity (Wildman–Crippen MR) is 70.0 cm³/mol. The minimum atomic E-state index is 0.413. The van der Waals surface area contributed by atoms with Crippen LogP contribution in [0.2, 0.25) is 0 Å². The molecular formula is C12H18N4S. The van der Waals surface area contributed by atoms with Crippen LogP contribution in [0.25, 0.3) is 0 Å². The molecule has 0 aromatic carbocycles. The van der Waals surface area contributed by atoms with Crippen molar-refractivity contribution in [2.45, 2.75) is 32.4 Å². The summed E-state index contributed by atoms with van der Waals surface area (Å²) in [6.07, 6.45) is 10.00. The Hall–Kier alpha value is -1.20. The zero-order valence-corrected chi connectivity index (χ0v) is 10.9. The van der Waals surface area contributed by atoms with Crippen LogP contribution in [0, 0.1) is 0 Å². The van der Waals surface area contributed by atoms with Crippen molar-refractivity contribution in [3.05, 3.63) is 35.3 Å². The Balaban J connectivity index is 1.57. The first-order valence-electron chi connectivity index (χ1n) is 5.94. The highest BCUT2D eigenvalue weighted by Crippen LogP contribution is 2.15. The average Bonchev–Trinajstić information content (AvgIpc) is 3.01. The number of aryl methyl sites for hydroxylation is 1. The molecule has 0 aliphatic rings. The maximum absolute atomic E-state index is 4.09. The van der Waals surface area contributed by atoms with Crippen molar-refractivity contribution in [3.8, 4) is 0 Å². The largest absolute Gasteiger partial charge is 0.337 e. The Kier molecular flexibility index (Phi) is 4.70. The van der Waals surface area contributed by atoms with E-state index in [1.165, 1.54) is 17.7 Å². The average molecular weight is 250 g/mol. The number of thiazole rings is 1. The van der Waals surface area contributed by atoms with E-state index in [0.717, 1.165) is 13.1 Å². The third-order valence-electron chi connectivity index (χ3n) is 2.73. The van der Waals surface area contributed by atoms with Crippen LogP contribution < -0.4 is 5.32 Å². The molecule has 17 heavy (non-hydrogen) atoms. The van der Waals surface area contributed by atoms with Crippen LogP contribution in [-0.2, 0) is 6.54 Å². The van der Waals surface area contributed by atoms with Crippen molar-refractivity contribution in [2.24, 2.45) is 0 Å². The summed E-state index contributed by atoms with van der Waals surface area (Å²) >= 11 is 1.71. The molecule has 92 valence electrons. The molecule has 2 aromatic heterocycles. The lowest BCUT2D eigenvalue weighted by Gasteiger charge is -2.11. The highest BCUT2D eigenvalue weighted by atomic mass is 32.1. The van der Waals surface area contributed by atoms with E-state index in [1.54, 1.807) is 11.3 Å². The minimum absolute atomic E-state index is 0.413. The molecule has 2 aromatic rings. The van der Waals surface area contributed by atoms with E-state index in [1.807, 2.05) is 30.4 Å². The quantitative estimate of drug-likeness (QED) is 0.768. The van der Waals surface area contributed by atoms with Crippen molar-refractivity contribution in [1.82, 2.24) is 19.9 Å². The Morgan fingerprint density at radius 1 is 1.41 bits per heavy atom. The second kappa shape index (κ2) is 6.51. The molecule has 1 N–H and O–H groups in total. The smallest absolute Gasteiger partial charge is 0.0945 e. The number of hydrogen-bond acceptors (Lipinski definition) is 4. The van der Waals surface area contributed by atoms with E-state index in [4.69, 9.17) is 0 Å². The number of aromatic nitrogens is 3. The minimum Gasteiger partial charge on any atom is -0.337 e. The lowest BCUT2D eigenvalue weighted by molar-refractivity contribution is 0.527. The molecule has 0 fully saturated rings. The lowest BCUT2D eigenvalue weighted by atomic mass is 10.2. The van der Waals surface area contributed by atoms with Gasteiger partial charge in [-0.1, -0.05) is 0 Å². The van der Waals surface area contributed by atoms with Crippen LogP contribution in [0.15, 0.2) is 30.4 Å². The summed E-state index contributed by atoms with van der Waals surface area (Å²) in [5.74, 6) is 0. The van der Waals surface area contributed by atoms with Crippen LogP contribution in [-0.4, -0.2) is 21.1 Å². The van der Waals surface area contributed by atoms with E-state index in [2.05, 4.69) is 26.8 Å². The first-order chi connectivity index (χ1) is 8.36. The fraction of sp³-hybridized carbons (Fsp3) is 0.500. The topological polar surface area (TPSA) is 42.7 Å². The molecule has 0 saturated carbocycles. The van der Waals surface area contributed by atoms with Crippen molar-refractivity contribution in [3.63, 3.8) is 0 Å². The molecule has 4 nitrogen and oxygen atoms in total. The summed E-state index contributed by atoms with van der Waals surface area (Å²) in [6.45, 7) is 4.29. The molecule has 5 heteroatoms. The van der Waals surface area contributed by atoms with Gasteiger partial charge < -0.3 is 9.88 Å². The molecule has 0 radical (unpaired) electrons. The Labute approximate surface area is 106 Å².